The van der Waals surface area contributed by atoms with Crippen LogP contribution in [-0.4, -0.2) is 39.1 Å². The molecule has 0 saturated heterocycles. The number of amides is 2. The molecule has 0 aromatic heterocycles. The summed E-state index contributed by atoms with van der Waals surface area (Å²) in [6, 6.07) is 11.5. The first-order valence-corrected chi connectivity index (χ1v) is 10.1. The van der Waals surface area contributed by atoms with Crippen LogP contribution >= 0.6 is 11.6 Å². The first-order valence-electron chi connectivity index (χ1n) is 9.71. The van der Waals surface area contributed by atoms with Gasteiger partial charge in [0.1, 0.15) is 11.5 Å². The summed E-state index contributed by atoms with van der Waals surface area (Å²) in [7, 11) is 4.21. The van der Waals surface area contributed by atoms with Gasteiger partial charge in [-0.05, 0) is 43.3 Å². The molecule has 0 saturated carbocycles. The Kier molecular flexibility index (Phi) is 7.05. The third kappa shape index (κ3) is 4.55. The highest BCUT2D eigenvalue weighted by atomic mass is 35.5. The lowest BCUT2D eigenvalue weighted by Crippen LogP contribution is -2.43. The molecule has 32 heavy (non-hydrogen) atoms. The Labute approximate surface area is 190 Å². The van der Waals surface area contributed by atoms with Crippen molar-refractivity contribution in [3.8, 4) is 11.5 Å². The molecular weight excluding hydrogens is 436 g/mol. The SMILES string of the molecule is COC(=O)C1=C(C)N(c2ccc(Cl)cc2)C(=O)CC1C(=O)Nc1ccc(OC)cc1OC. The van der Waals surface area contributed by atoms with Gasteiger partial charge in [-0.1, -0.05) is 11.6 Å². The van der Waals surface area contributed by atoms with Gasteiger partial charge in [0.05, 0.1) is 38.5 Å². The third-order valence-corrected chi connectivity index (χ3v) is 5.43. The zero-order chi connectivity index (χ0) is 23.4. The lowest BCUT2D eigenvalue weighted by molar-refractivity contribution is -0.138. The van der Waals surface area contributed by atoms with Crippen LogP contribution in [0.15, 0.2) is 53.7 Å². The van der Waals surface area contributed by atoms with Crippen LogP contribution in [-0.2, 0) is 19.1 Å². The highest BCUT2D eigenvalue weighted by Gasteiger charge is 2.40. The largest absolute Gasteiger partial charge is 0.497 e. The molecule has 0 fully saturated rings. The van der Waals surface area contributed by atoms with Crippen LogP contribution in [0.2, 0.25) is 5.02 Å². The maximum atomic E-state index is 13.2. The molecule has 1 unspecified atom stereocenters. The molecule has 0 spiro atoms. The van der Waals surface area contributed by atoms with Gasteiger partial charge in [0.25, 0.3) is 0 Å². The zero-order valence-electron chi connectivity index (χ0n) is 18.1. The fourth-order valence-corrected chi connectivity index (χ4v) is 3.73. The number of nitrogens with zero attached hydrogens (tertiary/aromatic N) is 1. The molecule has 1 atom stereocenters. The summed E-state index contributed by atoms with van der Waals surface area (Å²) in [4.78, 5) is 40.2. The molecule has 2 aromatic rings. The molecule has 2 amide bonds. The van der Waals surface area contributed by atoms with Crippen molar-refractivity contribution in [1.29, 1.82) is 0 Å². The molecule has 0 radical (unpaired) electrons. The van der Waals surface area contributed by atoms with Crippen molar-refractivity contribution in [3.63, 3.8) is 0 Å². The molecule has 1 aliphatic rings. The Morgan fingerprint density at radius 1 is 1.06 bits per heavy atom. The molecular formula is C23H23ClN2O6. The lowest BCUT2D eigenvalue weighted by Gasteiger charge is -2.33. The zero-order valence-corrected chi connectivity index (χ0v) is 18.9. The van der Waals surface area contributed by atoms with Crippen LogP contribution in [0.5, 0.6) is 11.5 Å². The van der Waals surface area contributed by atoms with E-state index in [1.165, 1.54) is 26.2 Å². The molecule has 0 bridgehead atoms. The minimum atomic E-state index is -1.04. The number of methoxy groups -OCH3 is 3. The molecule has 1 N–H and O–H groups in total. The molecule has 9 heteroatoms. The van der Waals surface area contributed by atoms with E-state index in [-0.39, 0.29) is 17.9 Å². The van der Waals surface area contributed by atoms with Gasteiger partial charge in [0, 0.05) is 28.9 Å². The summed E-state index contributed by atoms with van der Waals surface area (Å²) >= 11 is 5.95. The van der Waals surface area contributed by atoms with E-state index in [1.54, 1.807) is 49.4 Å². The molecule has 1 heterocycles. The topological polar surface area (TPSA) is 94.2 Å². The summed E-state index contributed by atoms with van der Waals surface area (Å²) < 4.78 is 15.4. The number of esters is 1. The van der Waals surface area contributed by atoms with Crippen molar-refractivity contribution in [2.75, 3.05) is 31.5 Å². The minimum Gasteiger partial charge on any atom is -0.497 e. The molecule has 8 nitrogen and oxygen atoms in total. The Balaban J connectivity index is 1.99. The fourth-order valence-electron chi connectivity index (χ4n) is 3.60. The van der Waals surface area contributed by atoms with Crippen LogP contribution < -0.4 is 19.7 Å². The van der Waals surface area contributed by atoms with E-state index < -0.39 is 17.8 Å². The maximum Gasteiger partial charge on any atom is 0.336 e. The lowest BCUT2D eigenvalue weighted by atomic mass is 9.88. The average molecular weight is 459 g/mol. The van der Waals surface area contributed by atoms with Crippen molar-refractivity contribution in [1.82, 2.24) is 0 Å². The van der Waals surface area contributed by atoms with E-state index in [0.29, 0.717) is 33.6 Å². The standard InChI is InChI=1S/C23H23ClN2O6/c1-13-21(23(29)32-4)17(12-20(27)26(13)15-7-5-14(24)6-8-15)22(28)25-18-10-9-16(30-2)11-19(18)31-3/h5-11,17H,12H2,1-4H3,(H,25,28). The summed E-state index contributed by atoms with van der Waals surface area (Å²) in [5, 5.41) is 3.26. The Morgan fingerprint density at radius 2 is 1.75 bits per heavy atom. The second-order valence-corrected chi connectivity index (χ2v) is 7.44. The van der Waals surface area contributed by atoms with E-state index in [4.69, 9.17) is 25.8 Å². The van der Waals surface area contributed by atoms with Crippen molar-refractivity contribution in [2.24, 2.45) is 5.92 Å². The van der Waals surface area contributed by atoms with Crippen LogP contribution in [0.1, 0.15) is 13.3 Å². The Morgan fingerprint density at radius 3 is 2.34 bits per heavy atom. The number of carbonyl (C=O) groups excluding carboxylic acids is 3. The maximum absolute atomic E-state index is 13.2. The average Bonchev–Trinajstić information content (AvgIpc) is 2.79. The highest BCUT2D eigenvalue weighted by molar-refractivity contribution is 6.30. The van der Waals surface area contributed by atoms with Crippen LogP contribution in [0.4, 0.5) is 11.4 Å². The number of allylic oxidation sites excluding steroid dienone is 1. The van der Waals surface area contributed by atoms with Crippen molar-refractivity contribution < 1.29 is 28.6 Å². The van der Waals surface area contributed by atoms with E-state index in [2.05, 4.69) is 5.32 Å². The smallest absolute Gasteiger partial charge is 0.336 e. The Hall–Kier alpha value is -3.52. The summed E-state index contributed by atoms with van der Waals surface area (Å²) in [5.74, 6) is -1.65. The van der Waals surface area contributed by atoms with E-state index in [9.17, 15) is 14.4 Å². The summed E-state index contributed by atoms with van der Waals surface area (Å²) in [6.07, 6.45) is -0.214. The predicted molar refractivity (Wildman–Crippen MR) is 120 cm³/mol. The van der Waals surface area contributed by atoms with Crippen molar-refractivity contribution >= 4 is 40.8 Å². The van der Waals surface area contributed by atoms with E-state index in [0.717, 1.165) is 0 Å². The van der Waals surface area contributed by atoms with Gasteiger partial charge >= 0.3 is 5.97 Å². The Bertz CT molecular complexity index is 1080. The van der Waals surface area contributed by atoms with Gasteiger partial charge in [0.2, 0.25) is 11.8 Å². The third-order valence-electron chi connectivity index (χ3n) is 5.17. The van der Waals surface area contributed by atoms with E-state index >= 15 is 0 Å². The van der Waals surface area contributed by atoms with Gasteiger partial charge in [-0.25, -0.2) is 4.79 Å². The van der Waals surface area contributed by atoms with Gasteiger partial charge < -0.3 is 19.5 Å². The number of halogens is 1. The molecule has 2 aromatic carbocycles. The number of carbonyl (C=O) groups is 3. The number of benzene rings is 2. The number of hydrogen-bond donors (Lipinski definition) is 1. The predicted octanol–water partition coefficient (Wildman–Crippen LogP) is 3.80. The van der Waals surface area contributed by atoms with Crippen molar-refractivity contribution in [2.45, 2.75) is 13.3 Å². The van der Waals surface area contributed by atoms with Gasteiger partial charge in [-0.15, -0.1) is 0 Å². The van der Waals surface area contributed by atoms with E-state index in [1.807, 2.05) is 0 Å². The number of nitrogens with one attached hydrogen (secondary N) is 1. The van der Waals surface area contributed by atoms with Crippen molar-refractivity contribution in [3.05, 3.63) is 58.8 Å². The van der Waals surface area contributed by atoms with Crippen LogP contribution in [0.3, 0.4) is 0 Å². The second kappa shape index (κ2) is 9.74. The quantitative estimate of drug-likeness (QED) is 0.662. The molecule has 3 rings (SSSR count). The van der Waals surface area contributed by atoms with Gasteiger partial charge in [0.15, 0.2) is 0 Å². The number of ether oxygens (including phenoxy) is 3. The minimum absolute atomic E-state index is 0.104. The first-order chi connectivity index (χ1) is 15.3. The number of rotatable bonds is 6. The normalized spacial score (nSPS) is 16.0. The monoisotopic (exact) mass is 458 g/mol. The number of hydrogen-bond acceptors (Lipinski definition) is 6. The van der Waals surface area contributed by atoms with Crippen LogP contribution in [0, 0.1) is 5.92 Å². The first kappa shape index (κ1) is 23.1. The second-order valence-electron chi connectivity index (χ2n) is 7.01. The van der Waals surface area contributed by atoms with Crippen LogP contribution in [0.25, 0.3) is 0 Å². The molecule has 0 aliphatic carbocycles. The summed E-state index contributed by atoms with van der Waals surface area (Å²) in [5.41, 5.74) is 1.34. The number of anilines is 2. The highest BCUT2D eigenvalue weighted by Crippen LogP contribution is 2.36. The summed E-state index contributed by atoms with van der Waals surface area (Å²) in [6.45, 7) is 1.60. The fraction of sp³-hybridized carbons (Fsp3) is 0.261. The van der Waals surface area contributed by atoms with Gasteiger partial charge in [-0.3, -0.25) is 14.5 Å². The molecule has 168 valence electrons. The van der Waals surface area contributed by atoms with Gasteiger partial charge in [-0.2, -0.15) is 0 Å². The molecule has 1 aliphatic heterocycles.